The molecule has 0 saturated carbocycles. The lowest BCUT2D eigenvalue weighted by atomic mass is 10.1. The van der Waals surface area contributed by atoms with Gasteiger partial charge in [0.05, 0.1) is 26.5 Å². The lowest BCUT2D eigenvalue weighted by Gasteiger charge is -2.12. The Morgan fingerprint density at radius 3 is 2.58 bits per heavy atom. The normalized spacial score (nSPS) is 10.7. The minimum absolute atomic E-state index is 0.325. The summed E-state index contributed by atoms with van der Waals surface area (Å²) in [6.07, 6.45) is 1.35. The summed E-state index contributed by atoms with van der Waals surface area (Å²) in [6.45, 7) is 2.31. The summed E-state index contributed by atoms with van der Waals surface area (Å²) in [6, 6.07) is 16.9. The quantitative estimate of drug-likeness (QED) is 0.484. The van der Waals surface area contributed by atoms with E-state index in [0.717, 1.165) is 16.8 Å². The molecule has 1 amide bonds. The smallest absolute Gasteiger partial charge is 0.262 e. The Kier molecular flexibility index (Phi) is 5.70. The van der Waals surface area contributed by atoms with Crippen LogP contribution in [0.2, 0.25) is 0 Å². The Bertz CT molecular complexity index is 1200. The molecule has 0 saturated heterocycles. The summed E-state index contributed by atoms with van der Waals surface area (Å²) in [4.78, 5) is 13.0. The van der Waals surface area contributed by atoms with Gasteiger partial charge < -0.3 is 19.3 Å². The van der Waals surface area contributed by atoms with Gasteiger partial charge in [-0.15, -0.1) is 0 Å². The van der Waals surface area contributed by atoms with Crippen LogP contribution in [0.4, 0.5) is 5.82 Å². The average molecular weight is 418 g/mol. The third-order valence-corrected chi connectivity index (χ3v) is 4.79. The van der Waals surface area contributed by atoms with E-state index in [-0.39, 0.29) is 5.91 Å². The molecule has 158 valence electrons. The molecule has 0 spiro atoms. The van der Waals surface area contributed by atoms with E-state index in [1.165, 1.54) is 6.26 Å². The second kappa shape index (κ2) is 8.74. The van der Waals surface area contributed by atoms with Crippen molar-refractivity contribution < 1.29 is 18.8 Å². The number of aryl methyl sites for hydroxylation is 1. The van der Waals surface area contributed by atoms with Gasteiger partial charge in [-0.25, -0.2) is 4.68 Å². The van der Waals surface area contributed by atoms with E-state index in [1.54, 1.807) is 18.9 Å². The Morgan fingerprint density at radius 1 is 1.06 bits per heavy atom. The Labute approximate surface area is 179 Å². The summed E-state index contributed by atoms with van der Waals surface area (Å²) in [5.41, 5.74) is 3.37. The first-order valence-electron chi connectivity index (χ1n) is 9.65. The number of amides is 1. The van der Waals surface area contributed by atoms with Gasteiger partial charge in [-0.1, -0.05) is 41.6 Å². The summed E-state index contributed by atoms with van der Waals surface area (Å²) >= 11 is 0. The van der Waals surface area contributed by atoms with Crippen LogP contribution in [0, 0.1) is 6.92 Å². The molecule has 8 heteroatoms. The predicted octanol–water partition coefficient (Wildman–Crippen LogP) is 4.16. The number of carbonyl (C=O) groups is 1. The second-order valence-corrected chi connectivity index (χ2v) is 6.91. The molecule has 4 aromatic rings. The van der Waals surface area contributed by atoms with Crippen LogP contribution in [-0.2, 0) is 6.54 Å². The van der Waals surface area contributed by atoms with Crippen molar-refractivity contribution in [2.45, 2.75) is 13.5 Å². The molecule has 0 aliphatic carbocycles. The largest absolute Gasteiger partial charge is 0.493 e. The van der Waals surface area contributed by atoms with Crippen LogP contribution in [0.1, 0.15) is 21.6 Å². The van der Waals surface area contributed by atoms with Crippen molar-refractivity contribution in [2.24, 2.45) is 0 Å². The molecule has 2 aromatic carbocycles. The molecule has 0 radical (unpaired) electrons. The highest BCUT2D eigenvalue weighted by Gasteiger charge is 2.19. The van der Waals surface area contributed by atoms with E-state index in [4.69, 9.17) is 14.0 Å². The minimum Gasteiger partial charge on any atom is -0.493 e. The van der Waals surface area contributed by atoms with Crippen LogP contribution >= 0.6 is 0 Å². The zero-order valence-corrected chi connectivity index (χ0v) is 17.5. The molecule has 1 N–H and O–H groups in total. The van der Waals surface area contributed by atoms with Gasteiger partial charge in [0, 0.05) is 11.6 Å². The van der Waals surface area contributed by atoms with Gasteiger partial charge in [0.15, 0.2) is 11.5 Å². The number of nitrogens with zero attached hydrogens (tertiary/aromatic N) is 3. The monoisotopic (exact) mass is 418 g/mol. The first-order chi connectivity index (χ1) is 15.1. The highest BCUT2D eigenvalue weighted by atomic mass is 16.5. The molecule has 0 aliphatic rings. The molecule has 2 aromatic heterocycles. The van der Waals surface area contributed by atoms with E-state index in [9.17, 15) is 4.79 Å². The molecule has 0 unspecified atom stereocenters. The maximum absolute atomic E-state index is 13.0. The fourth-order valence-corrected chi connectivity index (χ4v) is 3.30. The topological polar surface area (TPSA) is 91.4 Å². The first kappa shape index (κ1) is 20.2. The highest BCUT2D eigenvalue weighted by molar-refractivity contribution is 6.07. The Hall–Kier alpha value is -4.07. The van der Waals surface area contributed by atoms with Gasteiger partial charge in [0.2, 0.25) is 0 Å². The Balaban J connectivity index is 1.58. The predicted molar refractivity (Wildman–Crippen MR) is 116 cm³/mol. The minimum atomic E-state index is -0.325. The zero-order chi connectivity index (χ0) is 21.8. The number of hydrogen-bond donors (Lipinski definition) is 1. The lowest BCUT2D eigenvalue weighted by molar-refractivity contribution is 0.102. The van der Waals surface area contributed by atoms with Gasteiger partial charge in [0.25, 0.3) is 5.91 Å². The van der Waals surface area contributed by atoms with Crippen molar-refractivity contribution >= 4 is 11.7 Å². The third kappa shape index (κ3) is 4.28. The fraction of sp³-hybridized carbons (Fsp3) is 0.174. The molecule has 0 atom stereocenters. The molecule has 4 rings (SSSR count). The molecule has 2 heterocycles. The van der Waals surface area contributed by atoms with Crippen molar-refractivity contribution in [3.8, 4) is 22.8 Å². The van der Waals surface area contributed by atoms with Crippen molar-refractivity contribution in [3.63, 3.8) is 0 Å². The standard InChI is InChI=1S/C23H22N4O4/c1-15-11-21(27(25-15)13-16-9-10-19(29-2)20(12-16)30-3)24-23(28)18-14-31-26-22(18)17-7-5-4-6-8-17/h4-12,14H,13H2,1-3H3,(H,24,28). The van der Waals surface area contributed by atoms with E-state index in [1.807, 2.05) is 61.5 Å². The maximum Gasteiger partial charge on any atom is 0.262 e. The van der Waals surface area contributed by atoms with E-state index >= 15 is 0 Å². The zero-order valence-electron chi connectivity index (χ0n) is 17.5. The lowest BCUT2D eigenvalue weighted by Crippen LogP contribution is -2.16. The fourth-order valence-electron chi connectivity index (χ4n) is 3.30. The van der Waals surface area contributed by atoms with Crippen molar-refractivity contribution in [1.82, 2.24) is 14.9 Å². The van der Waals surface area contributed by atoms with Gasteiger partial charge in [-0.05, 0) is 24.6 Å². The summed E-state index contributed by atoms with van der Waals surface area (Å²) < 4.78 is 17.5. The van der Waals surface area contributed by atoms with Crippen LogP contribution in [-0.4, -0.2) is 35.1 Å². The van der Waals surface area contributed by atoms with Crippen LogP contribution in [0.15, 0.2) is 65.4 Å². The molecule has 0 bridgehead atoms. The van der Waals surface area contributed by atoms with Gasteiger partial charge >= 0.3 is 0 Å². The number of carbonyl (C=O) groups excluding carboxylic acids is 1. The molecule has 8 nitrogen and oxygen atoms in total. The summed E-state index contributed by atoms with van der Waals surface area (Å²) in [5, 5.41) is 11.4. The SMILES string of the molecule is COc1ccc(Cn2nc(C)cc2NC(=O)c2conc2-c2ccccc2)cc1OC. The van der Waals surface area contributed by atoms with Crippen molar-refractivity contribution in [3.05, 3.63) is 77.7 Å². The molecule has 31 heavy (non-hydrogen) atoms. The molecule has 0 aliphatic heterocycles. The third-order valence-electron chi connectivity index (χ3n) is 4.79. The first-order valence-corrected chi connectivity index (χ1v) is 9.65. The molecular formula is C23H22N4O4. The Morgan fingerprint density at radius 2 is 1.84 bits per heavy atom. The van der Waals surface area contributed by atoms with E-state index < -0.39 is 0 Å². The number of rotatable bonds is 7. The van der Waals surface area contributed by atoms with Gasteiger partial charge in [-0.3, -0.25) is 4.79 Å². The summed E-state index contributed by atoms with van der Waals surface area (Å²) in [5.74, 6) is 1.52. The summed E-state index contributed by atoms with van der Waals surface area (Å²) in [7, 11) is 3.19. The number of ether oxygens (including phenoxy) is 2. The number of aromatic nitrogens is 3. The highest BCUT2D eigenvalue weighted by Crippen LogP contribution is 2.28. The number of benzene rings is 2. The second-order valence-electron chi connectivity index (χ2n) is 6.91. The van der Waals surface area contributed by atoms with E-state index in [2.05, 4.69) is 15.6 Å². The number of methoxy groups -OCH3 is 2. The molecule has 0 fully saturated rings. The van der Waals surface area contributed by atoms with Crippen LogP contribution in [0.5, 0.6) is 11.5 Å². The van der Waals surface area contributed by atoms with Gasteiger partial charge in [-0.2, -0.15) is 5.10 Å². The number of nitrogens with one attached hydrogen (secondary N) is 1. The average Bonchev–Trinajstić information content (AvgIpc) is 3.41. The van der Waals surface area contributed by atoms with Crippen molar-refractivity contribution in [1.29, 1.82) is 0 Å². The van der Waals surface area contributed by atoms with Crippen LogP contribution < -0.4 is 14.8 Å². The number of hydrogen-bond acceptors (Lipinski definition) is 6. The van der Waals surface area contributed by atoms with Crippen molar-refractivity contribution in [2.75, 3.05) is 19.5 Å². The van der Waals surface area contributed by atoms with E-state index in [0.29, 0.717) is 35.1 Å². The molecular weight excluding hydrogens is 396 g/mol. The van der Waals surface area contributed by atoms with Crippen LogP contribution in [0.3, 0.4) is 0 Å². The van der Waals surface area contributed by atoms with Crippen LogP contribution in [0.25, 0.3) is 11.3 Å². The maximum atomic E-state index is 13.0. The number of anilines is 1. The van der Waals surface area contributed by atoms with Gasteiger partial charge in [0.1, 0.15) is 23.3 Å².